The first-order valence-electron chi connectivity index (χ1n) is 8.18. The van der Waals surface area contributed by atoms with E-state index in [0.717, 1.165) is 33.5 Å². The van der Waals surface area contributed by atoms with E-state index in [1.165, 1.54) is 0 Å². The van der Waals surface area contributed by atoms with E-state index < -0.39 is 0 Å². The van der Waals surface area contributed by atoms with Crippen molar-refractivity contribution in [2.75, 3.05) is 6.61 Å². The predicted molar refractivity (Wildman–Crippen MR) is 96.4 cm³/mol. The number of para-hydroxylation sites is 1. The van der Waals surface area contributed by atoms with Gasteiger partial charge in [0, 0.05) is 16.6 Å². The number of rotatable bonds is 4. The van der Waals surface area contributed by atoms with Crippen LogP contribution in [0.3, 0.4) is 0 Å². The highest BCUT2D eigenvalue weighted by Gasteiger charge is 2.14. The van der Waals surface area contributed by atoms with Crippen molar-refractivity contribution < 1.29 is 9.15 Å². The van der Waals surface area contributed by atoms with Crippen LogP contribution in [0.4, 0.5) is 0 Å². The summed E-state index contributed by atoms with van der Waals surface area (Å²) in [5.41, 5.74) is 3.58. The molecule has 0 amide bonds. The van der Waals surface area contributed by atoms with Gasteiger partial charge < -0.3 is 9.15 Å². The normalized spacial score (nSPS) is 11.0. The summed E-state index contributed by atoms with van der Waals surface area (Å²) in [5.74, 6) is 1.80. The van der Waals surface area contributed by atoms with E-state index >= 15 is 0 Å². The van der Waals surface area contributed by atoms with Gasteiger partial charge in [0.1, 0.15) is 5.75 Å². The van der Waals surface area contributed by atoms with Crippen LogP contribution in [0.1, 0.15) is 12.6 Å². The highest BCUT2D eigenvalue weighted by Crippen LogP contribution is 2.30. The Labute approximate surface area is 145 Å². The molecule has 25 heavy (non-hydrogen) atoms. The highest BCUT2D eigenvalue weighted by molar-refractivity contribution is 5.92. The summed E-state index contributed by atoms with van der Waals surface area (Å²) < 4.78 is 11.4. The minimum absolute atomic E-state index is 0.483. The number of nitrogens with zero attached hydrogens (tertiary/aromatic N) is 3. The van der Waals surface area contributed by atoms with Gasteiger partial charge in [0.25, 0.3) is 0 Å². The van der Waals surface area contributed by atoms with Crippen LogP contribution in [0, 0.1) is 6.92 Å². The molecular weight excluding hydrogens is 314 g/mol. The summed E-state index contributed by atoms with van der Waals surface area (Å²) in [5, 5.41) is 9.43. The Kier molecular flexibility index (Phi) is 3.90. The molecule has 5 nitrogen and oxygen atoms in total. The maximum Gasteiger partial charge on any atom is 0.248 e. The van der Waals surface area contributed by atoms with E-state index in [1.54, 1.807) is 0 Å². The van der Waals surface area contributed by atoms with Crippen molar-refractivity contribution in [3.8, 4) is 28.7 Å². The van der Waals surface area contributed by atoms with Crippen molar-refractivity contribution in [2.24, 2.45) is 0 Å². The fraction of sp³-hybridized carbons (Fsp3) is 0.150. The van der Waals surface area contributed by atoms with Gasteiger partial charge in [-0.3, -0.25) is 4.98 Å². The molecule has 0 aliphatic rings. The van der Waals surface area contributed by atoms with E-state index in [0.29, 0.717) is 18.4 Å². The molecule has 0 bridgehead atoms. The number of hydrogen-bond acceptors (Lipinski definition) is 5. The molecule has 124 valence electrons. The van der Waals surface area contributed by atoms with Crippen LogP contribution in [0.25, 0.3) is 33.8 Å². The standard InChI is InChI=1S/C20H17N3O2/c1-3-24-15-10-8-14(9-11-15)19-22-23-20(25-19)17-12-13(2)21-18-7-5-4-6-16(17)18/h4-12H,3H2,1-2H3. The third-order valence-corrected chi connectivity index (χ3v) is 3.91. The Morgan fingerprint density at radius 3 is 2.52 bits per heavy atom. The number of fused-ring (bicyclic) bond motifs is 1. The van der Waals surface area contributed by atoms with Gasteiger partial charge in [0.2, 0.25) is 11.8 Å². The van der Waals surface area contributed by atoms with E-state index in [9.17, 15) is 0 Å². The molecule has 0 aliphatic heterocycles. The fourth-order valence-corrected chi connectivity index (χ4v) is 2.79. The van der Waals surface area contributed by atoms with E-state index in [1.807, 2.05) is 68.4 Å². The molecule has 2 aromatic heterocycles. The maximum absolute atomic E-state index is 5.93. The Morgan fingerprint density at radius 1 is 0.960 bits per heavy atom. The van der Waals surface area contributed by atoms with E-state index in [4.69, 9.17) is 9.15 Å². The summed E-state index contributed by atoms with van der Waals surface area (Å²) in [7, 11) is 0. The molecule has 0 aliphatic carbocycles. The molecule has 4 rings (SSSR count). The minimum Gasteiger partial charge on any atom is -0.494 e. The molecule has 4 aromatic rings. The Hall–Kier alpha value is -3.21. The first-order valence-corrected chi connectivity index (χ1v) is 8.18. The predicted octanol–water partition coefficient (Wildman–Crippen LogP) is 4.66. The molecular formula is C20H17N3O2. The van der Waals surface area contributed by atoms with Crippen molar-refractivity contribution in [1.29, 1.82) is 0 Å². The lowest BCUT2D eigenvalue weighted by molar-refractivity contribution is 0.340. The lowest BCUT2D eigenvalue weighted by atomic mass is 10.1. The molecule has 0 saturated carbocycles. The number of aryl methyl sites for hydroxylation is 1. The van der Waals surface area contributed by atoms with Gasteiger partial charge in [-0.05, 0) is 50.2 Å². The van der Waals surface area contributed by atoms with E-state index in [2.05, 4.69) is 15.2 Å². The van der Waals surface area contributed by atoms with Crippen molar-refractivity contribution in [2.45, 2.75) is 13.8 Å². The SMILES string of the molecule is CCOc1ccc(-c2nnc(-c3cc(C)nc4ccccc34)o2)cc1. The molecule has 2 heterocycles. The van der Waals surface area contributed by atoms with Crippen molar-refractivity contribution in [1.82, 2.24) is 15.2 Å². The third kappa shape index (κ3) is 2.96. The van der Waals surface area contributed by atoms with Crippen LogP contribution in [0.2, 0.25) is 0 Å². The Morgan fingerprint density at radius 2 is 1.72 bits per heavy atom. The molecule has 0 fully saturated rings. The summed E-state index contributed by atoms with van der Waals surface area (Å²) in [6.45, 7) is 4.55. The van der Waals surface area contributed by atoms with Crippen molar-refractivity contribution >= 4 is 10.9 Å². The number of pyridine rings is 1. The zero-order valence-electron chi connectivity index (χ0n) is 14.1. The molecule has 2 aromatic carbocycles. The van der Waals surface area contributed by atoms with Gasteiger partial charge in [0.05, 0.1) is 17.7 Å². The summed E-state index contributed by atoms with van der Waals surface area (Å²) in [6, 6.07) is 17.5. The molecule has 0 radical (unpaired) electrons. The fourth-order valence-electron chi connectivity index (χ4n) is 2.79. The van der Waals surface area contributed by atoms with Gasteiger partial charge >= 0.3 is 0 Å². The minimum atomic E-state index is 0.483. The molecule has 0 spiro atoms. The summed E-state index contributed by atoms with van der Waals surface area (Å²) in [4.78, 5) is 4.55. The number of benzene rings is 2. The number of hydrogen-bond donors (Lipinski definition) is 0. The quantitative estimate of drug-likeness (QED) is 0.544. The summed E-state index contributed by atoms with van der Waals surface area (Å²) in [6.07, 6.45) is 0. The van der Waals surface area contributed by atoms with Crippen LogP contribution in [0.5, 0.6) is 5.75 Å². The van der Waals surface area contributed by atoms with Gasteiger partial charge in [-0.1, -0.05) is 18.2 Å². The van der Waals surface area contributed by atoms with Gasteiger partial charge in [-0.25, -0.2) is 0 Å². The molecule has 0 atom stereocenters. The third-order valence-electron chi connectivity index (χ3n) is 3.91. The highest BCUT2D eigenvalue weighted by atomic mass is 16.5. The second-order valence-corrected chi connectivity index (χ2v) is 5.70. The average molecular weight is 331 g/mol. The first kappa shape index (κ1) is 15.3. The smallest absolute Gasteiger partial charge is 0.248 e. The Bertz CT molecular complexity index is 1020. The number of aromatic nitrogens is 3. The average Bonchev–Trinajstić information content (AvgIpc) is 3.12. The molecule has 0 N–H and O–H groups in total. The first-order chi connectivity index (χ1) is 12.2. The van der Waals surface area contributed by atoms with Crippen LogP contribution in [-0.4, -0.2) is 21.8 Å². The number of ether oxygens (including phenoxy) is 1. The monoisotopic (exact) mass is 331 g/mol. The van der Waals surface area contributed by atoms with E-state index in [-0.39, 0.29) is 0 Å². The second kappa shape index (κ2) is 6.36. The van der Waals surface area contributed by atoms with Crippen LogP contribution in [0.15, 0.2) is 59.0 Å². The van der Waals surface area contributed by atoms with Gasteiger partial charge in [-0.2, -0.15) is 0 Å². The van der Waals surface area contributed by atoms with Crippen molar-refractivity contribution in [3.05, 3.63) is 60.3 Å². The molecule has 0 unspecified atom stereocenters. The topological polar surface area (TPSA) is 61.0 Å². The van der Waals surface area contributed by atoms with Crippen molar-refractivity contribution in [3.63, 3.8) is 0 Å². The zero-order valence-corrected chi connectivity index (χ0v) is 14.1. The molecule has 5 heteroatoms. The zero-order chi connectivity index (χ0) is 17.2. The largest absolute Gasteiger partial charge is 0.494 e. The lowest BCUT2D eigenvalue weighted by Crippen LogP contribution is -1.90. The van der Waals surface area contributed by atoms with Crippen LogP contribution >= 0.6 is 0 Å². The van der Waals surface area contributed by atoms with Crippen LogP contribution < -0.4 is 4.74 Å². The summed E-state index contributed by atoms with van der Waals surface area (Å²) >= 11 is 0. The molecule has 0 saturated heterocycles. The van der Waals surface area contributed by atoms with Crippen LogP contribution in [-0.2, 0) is 0 Å². The maximum atomic E-state index is 5.93. The van der Waals surface area contributed by atoms with Gasteiger partial charge in [-0.15, -0.1) is 10.2 Å². The Balaban J connectivity index is 1.74. The second-order valence-electron chi connectivity index (χ2n) is 5.70. The lowest BCUT2D eigenvalue weighted by Gasteiger charge is -2.04. The van der Waals surface area contributed by atoms with Gasteiger partial charge in [0.15, 0.2) is 0 Å².